The van der Waals surface area contributed by atoms with E-state index in [1.807, 2.05) is 19.1 Å². The first-order valence-corrected chi connectivity index (χ1v) is 11.3. The minimum absolute atomic E-state index is 0.0741. The normalized spacial score (nSPS) is 12.8. The topological polar surface area (TPSA) is 71.4 Å². The molecule has 0 aliphatic heterocycles. The summed E-state index contributed by atoms with van der Waals surface area (Å²) in [5.41, 5.74) is 0.933. The lowest BCUT2D eigenvalue weighted by Crippen LogP contribution is -2.30. The summed E-state index contributed by atoms with van der Waals surface area (Å²) < 4.78 is 26.0. The molecule has 0 saturated heterocycles. The number of benzene rings is 1. The molecule has 0 saturated carbocycles. The maximum absolute atomic E-state index is 12.6. The fourth-order valence-corrected chi connectivity index (χ4v) is 5.49. The second-order valence-corrected chi connectivity index (χ2v) is 10.3. The second-order valence-electron chi connectivity index (χ2n) is 6.34. The number of carbonyl (C=O) groups is 1. The zero-order valence-corrected chi connectivity index (χ0v) is 17.0. The molecule has 0 aliphatic rings. The molecule has 0 aliphatic carbocycles. The summed E-state index contributed by atoms with van der Waals surface area (Å²) in [6.45, 7) is 1.86. The first-order chi connectivity index (χ1) is 12.3. The number of carboxylic acids is 1. The Morgan fingerprint density at radius 2 is 1.73 bits per heavy atom. The van der Waals surface area contributed by atoms with E-state index >= 15 is 0 Å². The van der Waals surface area contributed by atoms with Gasteiger partial charge in [-0.2, -0.15) is 0 Å². The highest BCUT2D eigenvalue weighted by molar-refractivity contribution is 7.92. The zero-order valence-electron chi connectivity index (χ0n) is 14.7. The Kier molecular flexibility index (Phi) is 7.68. The standard InChI is InChI=1S/C19H23ClO4S2/c1-14-8-11-16(12-9-14)26(23,24)17(19(21)22)7-5-3-2-4-6-15-10-13-18(20)25-15/h8-13,17H,2-7H2,1H3,(H,21,22). The molecule has 2 rings (SSSR count). The number of rotatable bonds is 10. The average molecular weight is 415 g/mol. The van der Waals surface area contributed by atoms with Gasteiger partial charge in [0.15, 0.2) is 15.1 Å². The van der Waals surface area contributed by atoms with Crippen molar-refractivity contribution in [2.24, 2.45) is 0 Å². The van der Waals surface area contributed by atoms with Gasteiger partial charge in [-0.15, -0.1) is 11.3 Å². The van der Waals surface area contributed by atoms with Crippen LogP contribution < -0.4 is 0 Å². The van der Waals surface area contributed by atoms with Crippen molar-refractivity contribution in [3.05, 3.63) is 51.2 Å². The highest BCUT2D eigenvalue weighted by Gasteiger charge is 2.33. The Balaban J connectivity index is 1.84. The molecule has 142 valence electrons. The van der Waals surface area contributed by atoms with Gasteiger partial charge in [0.1, 0.15) is 0 Å². The number of hydrogen-bond acceptors (Lipinski definition) is 4. The van der Waals surface area contributed by atoms with Gasteiger partial charge in [-0.3, -0.25) is 4.79 Å². The van der Waals surface area contributed by atoms with Gasteiger partial charge in [0.2, 0.25) is 0 Å². The summed E-state index contributed by atoms with van der Waals surface area (Å²) in [5.74, 6) is -1.28. The maximum atomic E-state index is 12.6. The van der Waals surface area contributed by atoms with Crippen LogP contribution in [0.15, 0.2) is 41.3 Å². The van der Waals surface area contributed by atoms with Crippen LogP contribution in [0.3, 0.4) is 0 Å². The molecular weight excluding hydrogens is 392 g/mol. The van der Waals surface area contributed by atoms with E-state index in [1.54, 1.807) is 23.5 Å². The van der Waals surface area contributed by atoms with Crippen LogP contribution in [0.4, 0.5) is 0 Å². The van der Waals surface area contributed by atoms with Crippen LogP contribution in [-0.4, -0.2) is 24.7 Å². The summed E-state index contributed by atoms with van der Waals surface area (Å²) in [6.07, 6.45) is 4.39. The number of aryl methyl sites for hydroxylation is 2. The largest absolute Gasteiger partial charge is 0.480 e. The van der Waals surface area contributed by atoms with Crippen molar-refractivity contribution in [1.29, 1.82) is 0 Å². The molecule has 7 heteroatoms. The van der Waals surface area contributed by atoms with Crippen molar-refractivity contribution < 1.29 is 18.3 Å². The van der Waals surface area contributed by atoms with E-state index in [0.29, 0.717) is 6.42 Å². The van der Waals surface area contributed by atoms with Gasteiger partial charge in [0.05, 0.1) is 9.23 Å². The van der Waals surface area contributed by atoms with Crippen LogP contribution in [0.25, 0.3) is 0 Å². The van der Waals surface area contributed by atoms with Crippen molar-refractivity contribution in [2.75, 3.05) is 0 Å². The Morgan fingerprint density at radius 1 is 1.08 bits per heavy atom. The van der Waals surface area contributed by atoms with E-state index < -0.39 is 21.1 Å². The molecule has 2 aromatic rings. The molecule has 1 heterocycles. The Morgan fingerprint density at radius 3 is 2.31 bits per heavy atom. The van der Waals surface area contributed by atoms with Crippen LogP contribution in [0, 0.1) is 6.92 Å². The van der Waals surface area contributed by atoms with Gasteiger partial charge in [-0.25, -0.2) is 8.42 Å². The Bertz CT molecular complexity index is 825. The van der Waals surface area contributed by atoms with Crippen molar-refractivity contribution in [2.45, 2.75) is 55.6 Å². The molecule has 1 N–H and O–H groups in total. The van der Waals surface area contributed by atoms with Crippen LogP contribution >= 0.6 is 22.9 Å². The third-order valence-electron chi connectivity index (χ3n) is 4.27. The van der Waals surface area contributed by atoms with E-state index in [4.69, 9.17) is 11.6 Å². The third kappa shape index (κ3) is 5.83. The first-order valence-electron chi connectivity index (χ1n) is 8.58. The summed E-state index contributed by atoms with van der Waals surface area (Å²) in [4.78, 5) is 12.8. The molecule has 0 radical (unpaired) electrons. The SMILES string of the molecule is Cc1ccc(S(=O)(=O)C(CCCCCCc2ccc(Cl)s2)C(=O)O)cc1. The molecule has 26 heavy (non-hydrogen) atoms. The number of sulfone groups is 1. The fraction of sp³-hybridized carbons (Fsp3) is 0.421. The Labute approximate surface area is 163 Å². The minimum atomic E-state index is -3.86. The molecule has 1 aromatic carbocycles. The maximum Gasteiger partial charge on any atom is 0.322 e. The van der Waals surface area contributed by atoms with Gasteiger partial charge < -0.3 is 5.11 Å². The number of carboxylic acid groups (broad SMARTS) is 1. The molecule has 0 bridgehead atoms. The minimum Gasteiger partial charge on any atom is -0.480 e. The first kappa shape index (κ1) is 20.9. The second kappa shape index (κ2) is 9.53. The van der Waals surface area contributed by atoms with Gasteiger partial charge in [-0.1, -0.05) is 48.6 Å². The number of unbranched alkanes of at least 4 members (excludes halogenated alkanes) is 3. The molecule has 0 fully saturated rings. The molecular formula is C19H23ClO4S2. The average Bonchev–Trinajstić information content (AvgIpc) is 2.99. The Hall–Kier alpha value is -1.37. The van der Waals surface area contributed by atoms with Gasteiger partial charge in [-0.05, 0) is 50.5 Å². The molecule has 1 unspecified atom stereocenters. The third-order valence-corrected chi connectivity index (χ3v) is 7.67. The molecule has 1 aromatic heterocycles. The monoisotopic (exact) mass is 414 g/mol. The summed E-state index contributed by atoms with van der Waals surface area (Å²) in [5, 5.41) is 8.00. The highest BCUT2D eigenvalue weighted by atomic mass is 35.5. The number of thiophene rings is 1. The summed E-state index contributed by atoms with van der Waals surface area (Å²) in [7, 11) is -3.86. The quantitative estimate of drug-likeness (QED) is 0.547. The van der Waals surface area contributed by atoms with E-state index in [9.17, 15) is 18.3 Å². The molecule has 0 spiro atoms. The summed E-state index contributed by atoms with van der Waals surface area (Å²) >= 11 is 7.47. The number of aliphatic carboxylic acids is 1. The lowest BCUT2D eigenvalue weighted by molar-refractivity contribution is -0.136. The molecule has 0 amide bonds. The highest BCUT2D eigenvalue weighted by Crippen LogP contribution is 2.24. The van der Waals surface area contributed by atoms with Crippen molar-refractivity contribution in [1.82, 2.24) is 0 Å². The smallest absolute Gasteiger partial charge is 0.322 e. The lowest BCUT2D eigenvalue weighted by atomic mass is 10.1. The van der Waals surface area contributed by atoms with Crippen LogP contribution in [0.2, 0.25) is 4.34 Å². The van der Waals surface area contributed by atoms with Crippen molar-refractivity contribution >= 4 is 38.7 Å². The van der Waals surface area contributed by atoms with Gasteiger partial charge in [0, 0.05) is 4.88 Å². The van der Waals surface area contributed by atoms with Gasteiger partial charge in [0.25, 0.3) is 0 Å². The van der Waals surface area contributed by atoms with E-state index in [-0.39, 0.29) is 11.3 Å². The molecule has 1 atom stereocenters. The fourth-order valence-electron chi connectivity index (χ4n) is 2.77. The van der Waals surface area contributed by atoms with Gasteiger partial charge >= 0.3 is 5.97 Å². The summed E-state index contributed by atoms with van der Waals surface area (Å²) in [6, 6.07) is 10.2. The van der Waals surface area contributed by atoms with Crippen LogP contribution in [0.5, 0.6) is 0 Å². The number of halogens is 1. The van der Waals surface area contributed by atoms with Crippen molar-refractivity contribution in [3.63, 3.8) is 0 Å². The van der Waals surface area contributed by atoms with Crippen LogP contribution in [0.1, 0.15) is 42.5 Å². The zero-order chi connectivity index (χ0) is 19.2. The predicted molar refractivity (Wildman–Crippen MR) is 106 cm³/mol. The van der Waals surface area contributed by atoms with E-state index in [1.165, 1.54) is 17.0 Å². The van der Waals surface area contributed by atoms with Crippen LogP contribution in [-0.2, 0) is 21.1 Å². The van der Waals surface area contributed by atoms with Crippen molar-refractivity contribution in [3.8, 4) is 0 Å². The lowest BCUT2D eigenvalue weighted by Gasteiger charge is -2.14. The predicted octanol–water partition coefficient (Wildman–Crippen LogP) is 5.13. The number of hydrogen-bond donors (Lipinski definition) is 1. The molecule has 4 nitrogen and oxygen atoms in total. The van der Waals surface area contributed by atoms with E-state index in [2.05, 4.69) is 0 Å². The van der Waals surface area contributed by atoms with E-state index in [0.717, 1.165) is 35.6 Å².